The molecular formula is C21H31NO3. The molecule has 25 heavy (non-hydrogen) atoms. The molecule has 0 aromatic heterocycles. The van der Waals surface area contributed by atoms with E-state index in [1.54, 1.807) is 7.11 Å². The zero-order chi connectivity index (χ0) is 17.7. The van der Waals surface area contributed by atoms with Crippen LogP contribution in [0.1, 0.15) is 31.7 Å². The molecule has 2 aliphatic rings. The van der Waals surface area contributed by atoms with Gasteiger partial charge in [0.1, 0.15) is 5.75 Å². The van der Waals surface area contributed by atoms with Gasteiger partial charge in [0.05, 0.1) is 12.7 Å². The van der Waals surface area contributed by atoms with Crippen molar-refractivity contribution >= 4 is 6.08 Å². The van der Waals surface area contributed by atoms with Gasteiger partial charge in [-0.05, 0) is 48.8 Å². The molecule has 138 valence electrons. The molecule has 0 aliphatic carbocycles. The molecule has 2 fully saturated rings. The van der Waals surface area contributed by atoms with Crippen LogP contribution in [0.25, 0.3) is 6.08 Å². The maximum absolute atomic E-state index is 11.2. The van der Waals surface area contributed by atoms with E-state index < -0.39 is 5.60 Å². The minimum Gasteiger partial charge on any atom is -0.497 e. The lowest BCUT2D eigenvalue weighted by Gasteiger charge is -2.48. The Morgan fingerprint density at radius 3 is 2.64 bits per heavy atom. The first-order valence-electron chi connectivity index (χ1n) is 9.45. The number of hydrogen-bond acceptors (Lipinski definition) is 4. The van der Waals surface area contributed by atoms with Crippen LogP contribution in [0, 0.1) is 11.8 Å². The van der Waals surface area contributed by atoms with Gasteiger partial charge in [-0.3, -0.25) is 4.90 Å². The number of ether oxygens (including phenoxy) is 2. The fraction of sp³-hybridized carbons (Fsp3) is 0.619. The van der Waals surface area contributed by atoms with Crippen LogP contribution in [-0.2, 0) is 4.74 Å². The summed E-state index contributed by atoms with van der Waals surface area (Å²) < 4.78 is 10.6. The van der Waals surface area contributed by atoms with Crippen molar-refractivity contribution in [1.82, 2.24) is 4.90 Å². The van der Waals surface area contributed by atoms with E-state index in [-0.39, 0.29) is 0 Å². The quantitative estimate of drug-likeness (QED) is 0.890. The Hall–Kier alpha value is -1.36. The van der Waals surface area contributed by atoms with Crippen LogP contribution < -0.4 is 4.74 Å². The first-order chi connectivity index (χ1) is 12.1. The molecule has 2 aliphatic heterocycles. The summed E-state index contributed by atoms with van der Waals surface area (Å²) in [5, 5.41) is 11.2. The van der Waals surface area contributed by atoms with Crippen LogP contribution in [0.3, 0.4) is 0 Å². The van der Waals surface area contributed by atoms with Crippen LogP contribution in [0.2, 0.25) is 0 Å². The summed E-state index contributed by atoms with van der Waals surface area (Å²) in [6.07, 6.45) is 7.24. The molecule has 2 heterocycles. The average Bonchev–Trinajstić information content (AvgIpc) is 2.66. The molecule has 0 saturated carbocycles. The molecule has 1 N–H and O–H groups in total. The van der Waals surface area contributed by atoms with E-state index in [1.807, 2.05) is 12.1 Å². The van der Waals surface area contributed by atoms with Crippen molar-refractivity contribution in [2.24, 2.45) is 11.8 Å². The molecule has 3 rings (SSSR count). The minimum atomic E-state index is -0.514. The smallest absolute Gasteiger partial charge is 0.118 e. The summed E-state index contributed by atoms with van der Waals surface area (Å²) in [6, 6.07) is 8.10. The Balaban J connectivity index is 1.51. The molecular weight excluding hydrogens is 314 g/mol. The van der Waals surface area contributed by atoms with Crippen LogP contribution in [0.5, 0.6) is 5.75 Å². The number of hydrogen-bond donors (Lipinski definition) is 1. The Kier molecular flexibility index (Phi) is 6.15. The second kappa shape index (κ2) is 8.35. The van der Waals surface area contributed by atoms with E-state index in [1.165, 1.54) is 5.56 Å². The fourth-order valence-electron chi connectivity index (χ4n) is 4.24. The van der Waals surface area contributed by atoms with E-state index in [0.717, 1.165) is 57.9 Å². The third-order valence-corrected chi connectivity index (χ3v) is 5.93. The van der Waals surface area contributed by atoms with Crippen LogP contribution in [-0.4, -0.2) is 55.6 Å². The maximum atomic E-state index is 11.2. The summed E-state index contributed by atoms with van der Waals surface area (Å²) in [4.78, 5) is 2.44. The van der Waals surface area contributed by atoms with Gasteiger partial charge < -0.3 is 14.6 Å². The highest BCUT2D eigenvalue weighted by atomic mass is 16.5. The molecule has 0 bridgehead atoms. The number of piperidine rings is 1. The standard InChI is InChI=1S/C21H31NO3/c1-17-16-22(12-3-4-18-5-7-20(24-2)8-6-18)13-11-21(17,23)19-9-14-25-15-10-19/h3-8,17,19,23H,9-16H2,1-2H3/t17-,21+/m1/s1. The number of aliphatic hydroxyl groups is 1. The zero-order valence-electron chi connectivity index (χ0n) is 15.5. The van der Waals surface area contributed by atoms with Crippen molar-refractivity contribution in [2.45, 2.75) is 31.8 Å². The summed E-state index contributed by atoms with van der Waals surface area (Å²) in [5.41, 5.74) is 0.671. The second-order valence-electron chi connectivity index (χ2n) is 7.46. The monoisotopic (exact) mass is 345 g/mol. The van der Waals surface area contributed by atoms with Gasteiger partial charge in [-0.25, -0.2) is 0 Å². The van der Waals surface area contributed by atoms with Gasteiger partial charge in [0.15, 0.2) is 0 Å². The van der Waals surface area contributed by atoms with E-state index in [9.17, 15) is 5.11 Å². The highest BCUT2D eigenvalue weighted by Gasteiger charge is 2.44. The first-order valence-corrected chi connectivity index (χ1v) is 9.45. The van der Waals surface area contributed by atoms with Crippen LogP contribution in [0.4, 0.5) is 0 Å². The second-order valence-corrected chi connectivity index (χ2v) is 7.46. The summed E-state index contributed by atoms with van der Waals surface area (Å²) in [7, 11) is 1.68. The molecule has 1 aromatic rings. The summed E-state index contributed by atoms with van der Waals surface area (Å²) >= 11 is 0. The molecule has 0 radical (unpaired) electrons. The summed E-state index contributed by atoms with van der Waals surface area (Å²) in [5.74, 6) is 1.58. The predicted molar refractivity (Wildman–Crippen MR) is 101 cm³/mol. The number of benzene rings is 1. The number of rotatable bonds is 5. The lowest BCUT2D eigenvalue weighted by atomic mass is 9.70. The highest BCUT2D eigenvalue weighted by molar-refractivity contribution is 5.50. The van der Waals surface area contributed by atoms with Gasteiger partial charge in [0.25, 0.3) is 0 Å². The molecule has 0 unspecified atom stereocenters. The lowest BCUT2D eigenvalue weighted by molar-refractivity contribution is -0.129. The Labute approximate surface area is 151 Å². The molecule has 4 heteroatoms. The predicted octanol–water partition coefficient (Wildman–Crippen LogP) is 3.21. The Morgan fingerprint density at radius 1 is 1.28 bits per heavy atom. The van der Waals surface area contributed by atoms with Gasteiger partial charge >= 0.3 is 0 Å². The largest absolute Gasteiger partial charge is 0.497 e. The van der Waals surface area contributed by atoms with Crippen molar-refractivity contribution in [3.8, 4) is 5.75 Å². The van der Waals surface area contributed by atoms with Crippen LogP contribution >= 0.6 is 0 Å². The summed E-state index contributed by atoms with van der Waals surface area (Å²) in [6.45, 7) is 6.66. The molecule has 2 atom stereocenters. The van der Waals surface area contributed by atoms with E-state index in [2.05, 4.69) is 36.1 Å². The number of methoxy groups -OCH3 is 1. The van der Waals surface area contributed by atoms with Gasteiger partial charge in [0, 0.05) is 32.8 Å². The molecule has 0 spiro atoms. The average molecular weight is 345 g/mol. The molecule has 0 amide bonds. The van der Waals surface area contributed by atoms with Gasteiger partial charge in [-0.15, -0.1) is 0 Å². The number of nitrogens with zero attached hydrogens (tertiary/aromatic N) is 1. The van der Waals surface area contributed by atoms with E-state index in [4.69, 9.17) is 9.47 Å². The Morgan fingerprint density at radius 2 is 2.00 bits per heavy atom. The van der Waals surface area contributed by atoms with Gasteiger partial charge in [0.2, 0.25) is 0 Å². The number of likely N-dealkylation sites (tertiary alicyclic amines) is 1. The topological polar surface area (TPSA) is 41.9 Å². The van der Waals surface area contributed by atoms with Gasteiger partial charge in [-0.2, -0.15) is 0 Å². The fourth-order valence-corrected chi connectivity index (χ4v) is 4.24. The van der Waals surface area contributed by atoms with Crippen molar-refractivity contribution in [3.05, 3.63) is 35.9 Å². The van der Waals surface area contributed by atoms with E-state index in [0.29, 0.717) is 11.8 Å². The highest BCUT2D eigenvalue weighted by Crippen LogP contribution is 2.39. The maximum Gasteiger partial charge on any atom is 0.118 e. The van der Waals surface area contributed by atoms with Crippen molar-refractivity contribution < 1.29 is 14.6 Å². The Bertz CT molecular complexity index is 565. The van der Waals surface area contributed by atoms with Crippen LogP contribution in [0.15, 0.2) is 30.3 Å². The molecule has 1 aromatic carbocycles. The minimum absolute atomic E-state index is 0.304. The van der Waals surface area contributed by atoms with E-state index >= 15 is 0 Å². The van der Waals surface area contributed by atoms with Crippen molar-refractivity contribution in [3.63, 3.8) is 0 Å². The normalized spacial score (nSPS) is 29.2. The van der Waals surface area contributed by atoms with Crippen molar-refractivity contribution in [1.29, 1.82) is 0 Å². The molecule has 2 saturated heterocycles. The lowest BCUT2D eigenvalue weighted by Crippen LogP contribution is -2.55. The first kappa shape index (κ1) is 18.4. The third kappa shape index (κ3) is 4.43. The third-order valence-electron chi connectivity index (χ3n) is 5.93. The molecule has 4 nitrogen and oxygen atoms in total. The van der Waals surface area contributed by atoms with Gasteiger partial charge in [-0.1, -0.05) is 31.2 Å². The SMILES string of the molecule is COc1ccc(C=CCN2CC[C@@](O)(C3CCOCC3)[C@H](C)C2)cc1. The van der Waals surface area contributed by atoms with Crippen molar-refractivity contribution in [2.75, 3.05) is 40.0 Å². The zero-order valence-corrected chi connectivity index (χ0v) is 15.5.